The van der Waals surface area contributed by atoms with E-state index in [-0.39, 0.29) is 13.2 Å². The van der Waals surface area contributed by atoms with Gasteiger partial charge in [-0.1, -0.05) is 229 Å². The molecule has 522 valence electrons. The Kier molecular flexibility index (Phi) is 23.1. The quantitative estimate of drug-likeness (QED) is 0.0614. The maximum Gasteiger partial charge on any atom is 0.119 e. The average molecular weight is 1380 g/mol. The molecule has 2 N–H and O–H groups in total. The van der Waals surface area contributed by atoms with Crippen molar-refractivity contribution in [3.05, 3.63) is 406 Å². The van der Waals surface area contributed by atoms with Gasteiger partial charge in [0.2, 0.25) is 0 Å². The first kappa shape index (κ1) is 71.4. The summed E-state index contributed by atoms with van der Waals surface area (Å²) >= 11 is 0. The Morgan fingerprint density at radius 2 is 0.358 bits per heavy atom. The van der Waals surface area contributed by atoms with Gasteiger partial charge in [0.15, 0.2) is 0 Å². The van der Waals surface area contributed by atoms with Crippen molar-refractivity contribution in [2.75, 3.05) is 33.8 Å². The maximum absolute atomic E-state index is 9.53. The molecule has 0 aliphatic rings. The fourth-order valence-electron chi connectivity index (χ4n) is 12.6. The number of nitrogens with zero attached hydrogens (tertiary/aromatic N) is 4. The van der Waals surface area contributed by atoms with Gasteiger partial charge in [-0.3, -0.25) is 0 Å². The first-order chi connectivity index (χ1) is 51.9. The van der Waals surface area contributed by atoms with Crippen molar-refractivity contribution in [2.24, 2.45) is 0 Å². The first-order valence-electron chi connectivity index (χ1n) is 35.7. The van der Waals surface area contributed by atoms with Gasteiger partial charge in [-0.05, 0) is 253 Å². The van der Waals surface area contributed by atoms with Crippen LogP contribution in [0.2, 0.25) is 0 Å². The lowest BCUT2D eigenvalue weighted by Crippen LogP contribution is -2.10. The predicted octanol–water partition coefficient (Wildman–Crippen LogP) is 25.7. The van der Waals surface area contributed by atoms with E-state index in [1.807, 2.05) is 72.8 Å². The third-order valence-electron chi connectivity index (χ3n) is 18.7. The van der Waals surface area contributed by atoms with Crippen molar-refractivity contribution >= 4 is 105 Å². The third kappa shape index (κ3) is 18.1. The Morgan fingerprint density at radius 1 is 0.208 bits per heavy atom. The van der Waals surface area contributed by atoms with Crippen LogP contribution in [0.4, 0.5) is 68.2 Å². The minimum atomic E-state index is -0.00116. The van der Waals surface area contributed by atoms with Crippen LogP contribution in [-0.4, -0.2) is 24.4 Å². The Balaban J connectivity index is 0.000000191. The molecule has 0 amide bonds. The van der Waals surface area contributed by atoms with Crippen LogP contribution in [0, 0.1) is 27.7 Å². The molecule has 14 aromatic rings. The molecule has 106 heavy (non-hydrogen) atoms. The summed E-state index contributed by atoms with van der Waals surface area (Å²) in [6.45, 7) is 8.50. The van der Waals surface area contributed by atoms with Gasteiger partial charge in [-0.2, -0.15) is 0 Å². The summed E-state index contributed by atoms with van der Waals surface area (Å²) < 4.78 is 10.8. The molecule has 8 nitrogen and oxygen atoms in total. The van der Waals surface area contributed by atoms with E-state index in [0.717, 1.165) is 113 Å². The molecule has 14 aromatic carbocycles. The molecule has 0 fully saturated rings. The number of hydrogen-bond acceptors (Lipinski definition) is 8. The van der Waals surface area contributed by atoms with Gasteiger partial charge in [0.05, 0.1) is 27.4 Å². The normalized spacial score (nSPS) is 11.2. The molecular weight excluding hydrogens is 1300 g/mol. The van der Waals surface area contributed by atoms with Crippen molar-refractivity contribution in [1.29, 1.82) is 0 Å². The second-order valence-corrected chi connectivity index (χ2v) is 26.3. The number of aryl methyl sites for hydroxylation is 4. The van der Waals surface area contributed by atoms with Gasteiger partial charge >= 0.3 is 0 Å². The van der Waals surface area contributed by atoms with Gasteiger partial charge in [-0.15, -0.1) is 0 Å². The second-order valence-electron chi connectivity index (χ2n) is 26.3. The molecule has 0 saturated heterocycles. The van der Waals surface area contributed by atoms with Gasteiger partial charge in [0, 0.05) is 68.2 Å². The first-order valence-corrected chi connectivity index (χ1v) is 35.7. The van der Waals surface area contributed by atoms with Crippen LogP contribution in [-0.2, 0) is 13.2 Å². The van der Waals surface area contributed by atoms with Gasteiger partial charge in [0.25, 0.3) is 0 Å². The van der Waals surface area contributed by atoms with Gasteiger partial charge in [-0.25, -0.2) is 0 Å². The van der Waals surface area contributed by atoms with Crippen LogP contribution in [0.1, 0.15) is 66.8 Å². The van der Waals surface area contributed by atoms with E-state index in [4.69, 9.17) is 9.47 Å². The number of benzene rings is 14. The lowest BCUT2D eigenvalue weighted by Gasteiger charge is -2.26. The molecule has 0 atom stereocenters. The highest BCUT2D eigenvalue weighted by atomic mass is 16.5. The highest BCUT2D eigenvalue weighted by Crippen LogP contribution is 2.41. The van der Waals surface area contributed by atoms with Crippen LogP contribution in [0.25, 0.3) is 47.6 Å². The molecule has 8 heteroatoms. The van der Waals surface area contributed by atoms with Crippen LogP contribution < -0.4 is 29.1 Å². The van der Waals surface area contributed by atoms with E-state index in [1.165, 1.54) is 44.5 Å². The SMILES string of the molecule is COc1ccc(N(c2ccc(/C=C/c3ccc(N(c4ccc(CO)cc4)c4ccc(CO)cc4)cc3)cc2)c2ccc(OC)cc2)cc1.Cc1ccc(N(c2ccc(C)cc2)c2ccc(/C=C/c3ccc(-c4ccc(/C=C/c5ccc(N(c6ccc(C)cc6)c6ccc(C)cc6)cc5)cc4)cc3)cc2)cc1. The molecule has 0 unspecified atom stereocenters. The molecular formula is C98H86N4O4. The molecule has 0 saturated carbocycles. The van der Waals surface area contributed by atoms with Crippen LogP contribution >= 0.6 is 0 Å². The third-order valence-corrected chi connectivity index (χ3v) is 18.7. The zero-order valence-electron chi connectivity index (χ0n) is 60.7. The van der Waals surface area contributed by atoms with Crippen LogP contribution in [0.3, 0.4) is 0 Å². The topological polar surface area (TPSA) is 71.9 Å². The summed E-state index contributed by atoms with van der Waals surface area (Å²) in [7, 11) is 3.34. The molecule has 14 rings (SSSR count). The molecule has 0 aliphatic heterocycles. The highest BCUT2D eigenvalue weighted by Gasteiger charge is 2.18. The fraction of sp³-hybridized carbons (Fsp3) is 0.0816. The maximum atomic E-state index is 9.53. The zero-order valence-corrected chi connectivity index (χ0v) is 60.7. The number of ether oxygens (including phenoxy) is 2. The number of hydrogen-bond donors (Lipinski definition) is 2. The molecule has 0 heterocycles. The van der Waals surface area contributed by atoms with Crippen molar-refractivity contribution in [1.82, 2.24) is 0 Å². The van der Waals surface area contributed by atoms with Crippen molar-refractivity contribution in [2.45, 2.75) is 40.9 Å². The van der Waals surface area contributed by atoms with Gasteiger partial charge in [0.1, 0.15) is 11.5 Å². The van der Waals surface area contributed by atoms with E-state index >= 15 is 0 Å². The Labute approximate surface area is 624 Å². The second kappa shape index (κ2) is 34.3. The molecule has 0 aromatic heterocycles. The fourth-order valence-corrected chi connectivity index (χ4v) is 12.6. The Morgan fingerprint density at radius 3 is 0.528 bits per heavy atom. The smallest absolute Gasteiger partial charge is 0.119 e. The van der Waals surface area contributed by atoms with E-state index in [2.05, 4.69) is 351 Å². The zero-order chi connectivity index (χ0) is 73.1. The number of rotatable bonds is 23. The van der Waals surface area contributed by atoms with Gasteiger partial charge < -0.3 is 39.3 Å². The summed E-state index contributed by atoms with van der Waals surface area (Å²) in [6, 6.07) is 119. The number of aliphatic hydroxyl groups excluding tert-OH is 2. The van der Waals surface area contributed by atoms with E-state index < -0.39 is 0 Å². The van der Waals surface area contributed by atoms with Crippen molar-refractivity contribution < 1.29 is 19.7 Å². The predicted molar refractivity (Wildman–Crippen MR) is 447 cm³/mol. The minimum absolute atomic E-state index is 0.00116. The standard InChI is InChI=1S/C56H48N2.C42H38N2O4/c1-41-5-29-51(30-6-41)57(52-31-7-42(2)8-32-52)55-37-21-47(22-38-55)15-13-45-17-25-49(26-18-45)50-27-19-46(20-28-50)14-16-48-23-39-56(40-24-48)58(53-33-9-43(3)10-34-53)54-35-11-44(4)12-36-54;1-47-41-25-21-39(22-26-41)44(40-23-27-42(48-2)28-24-40)36-15-7-32(8-16-36)4-3-31-5-13-35(14-6-31)43(37-17-9-33(29-45)10-18-37)38-19-11-34(30-46)12-20-38/h5-40H,1-4H3;3-28,45-46H,29-30H2,1-2H3/b15-13+,16-14+;4-3+. The van der Waals surface area contributed by atoms with E-state index in [1.54, 1.807) is 14.2 Å². The summed E-state index contributed by atoms with van der Waals surface area (Å²) in [5, 5.41) is 19.1. The lowest BCUT2D eigenvalue weighted by atomic mass is 10.0. The van der Waals surface area contributed by atoms with Crippen molar-refractivity contribution in [3.8, 4) is 22.6 Å². The number of aliphatic hydroxyl groups is 2. The summed E-state index contributed by atoms with van der Waals surface area (Å²) in [5.74, 6) is 1.62. The summed E-state index contributed by atoms with van der Waals surface area (Å²) in [4.78, 5) is 8.97. The van der Waals surface area contributed by atoms with Crippen molar-refractivity contribution in [3.63, 3.8) is 0 Å². The lowest BCUT2D eigenvalue weighted by molar-refractivity contribution is 0.281. The molecule has 0 aliphatic carbocycles. The number of anilines is 12. The van der Waals surface area contributed by atoms with E-state index in [9.17, 15) is 10.2 Å². The largest absolute Gasteiger partial charge is 0.497 e. The van der Waals surface area contributed by atoms with E-state index in [0.29, 0.717) is 0 Å². The Bertz CT molecular complexity index is 4680. The van der Waals surface area contributed by atoms with Crippen LogP contribution in [0.5, 0.6) is 11.5 Å². The van der Waals surface area contributed by atoms with Crippen LogP contribution in [0.15, 0.2) is 340 Å². The average Bonchev–Trinajstić information content (AvgIpc) is 0.821. The molecule has 0 radical (unpaired) electrons. The molecule has 0 bridgehead atoms. The number of methoxy groups -OCH3 is 2. The molecule has 0 spiro atoms. The minimum Gasteiger partial charge on any atom is -0.497 e. The Hall–Kier alpha value is -13.0. The highest BCUT2D eigenvalue weighted by molar-refractivity contribution is 5.84. The summed E-state index contributed by atoms with van der Waals surface area (Å²) in [5.41, 5.74) is 28.8. The monoisotopic (exact) mass is 1380 g/mol. The summed E-state index contributed by atoms with van der Waals surface area (Å²) in [6.07, 6.45) is 12.9.